The molecule has 7 heteroatoms. The summed E-state index contributed by atoms with van der Waals surface area (Å²) in [5.41, 5.74) is 0.548. The van der Waals surface area contributed by atoms with Crippen LogP contribution in [-0.2, 0) is 19.1 Å². The third kappa shape index (κ3) is 4.36. The molecule has 108 valence electrons. The standard InChI is InChI=1S/C13H15NO6/c1-20-11(8-5-3-2-4-6-8)12(17)14-9(13(18)19)7-10(15)16/h2-6,9,11H,7H2,1H3,(H,14,17)(H,15,16)(H,18,19). The highest BCUT2D eigenvalue weighted by Gasteiger charge is 2.27. The van der Waals surface area contributed by atoms with Crippen LogP contribution in [0.2, 0.25) is 0 Å². The number of carbonyl (C=O) groups is 3. The van der Waals surface area contributed by atoms with Crippen LogP contribution in [0.1, 0.15) is 18.1 Å². The number of amides is 1. The van der Waals surface area contributed by atoms with E-state index < -0.39 is 36.4 Å². The second-order valence-electron chi connectivity index (χ2n) is 4.02. The predicted octanol–water partition coefficient (Wildman–Crippen LogP) is 0.418. The first kappa shape index (κ1) is 15.6. The molecule has 0 fully saturated rings. The van der Waals surface area contributed by atoms with Gasteiger partial charge in [0.25, 0.3) is 5.91 Å². The van der Waals surface area contributed by atoms with Crippen LogP contribution in [0.5, 0.6) is 0 Å². The minimum absolute atomic E-state index is 0.548. The molecule has 20 heavy (non-hydrogen) atoms. The van der Waals surface area contributed by atoms with Gasteiger partial charge >= 0.3 is 11.9 Å². The Morgan fingerprint density at radius 2 is 1.80 bits per heavy atom. The first-order valence-electron chi connectivity index (χ1n) is 5.78. The fraction of sp³-hybridized carbons (Fsp3) is 0.308. The summed E-state index contributed by atoms with van der Waals surface area (Å²) in [4.78, 5) is 33.4. The van der Waals surface area contributed by atoms with Gasteiger partial charge in [-0.25, -0.2) is 4.79 Å². The Morgan fingerprint density at radius 3 is 2.25 bits per heavy atom. The van der Waals surface area contributed by atoms with E-state index in [-0.39, 0.29) is 0 Å². The van der Waals surface area contributed by atoms with E-state index in [0.717, 1.165) is 0 Å². The van der Waals surface area contributed by atoms with Crippen molar-refractivity contribution in [1.29, 1.82) is 0 Å². The summed E-state index contributed by atoms with van der Waals surface area (Å²) in [5, 5.41) is 19.6. The highest BCUT2D eigenvalue weighted by atomic mass is 16.5. The molecule has 0 aliphatic heterocycles. The molecule has 0 radical (unpaired) electrons. The average molecular weight is 281 g/mol. The zero-order valence-electron chi connectivity index (χ0n) is 10.8. The number of carbonyl (C=O) groups excluding carboxylic acids is 1. The molecule has 0 bridgehead atoms. The number of ether oxygens (including phenoxy) is 1. The van der Waals surface area contributed by atoms with Gasteiger partial charge < -0.3 is 20.3 Å². The SMILES string of the molecule is COC(C(=O)NC(CC(=O)O)C(=O)O)c1ccccc1. The Bertz CT molecular complexity index is 487. The second kappa shape index (κ2) is 7.25. The molecule has 0 aliphatic rings. The maximum absolute atomic E-state index is 12.0. The molecule has 0 saturated heterocycles. The van der Waals surface area contributed by atoms with Gasteiger partial charge in [0.15, 0.2) is 6.10 Å². The van der Waals surface area contributed by atoms with Gasteiger partial charge in [0.05, 0.1) is 6.42 Å². The van der Waals surface area contributed by atoms with Gasteiger partial charge in [-0.2, -0.15) is 0 Å². The molecule has 7 nitrogen and oxygen atoms in total. The lowest BCUT2D eigenvalue weighted by Crippen LogP contribution is -2.44. The number of benzene rings is 1. The molecule has 1 aromatic carbocycles. The number of carboxylic acids is 2. The number of methoxy groups -OCH3 is 1. The number of aliphatic carboxylic acids is 2. The van der Waals surface area contributed by atoms with Crippen LogP contribution in [0.3, 0.4) is 0 Å². The molecule has 3 N–H and O–H groups in total. The normalized spacial score (nSPS) is 13.2. The van der Waals surface area contributed by atoms with E-state index in [0.29, 0.717) is 5.56 Å². The smallest absolute Gasteiger partial charge is 0.326 e. The molecule has 2 unspecified atom stereocenters. The van der Waals surface area contributed by atoms with Crippen LogP contribution in [0, 0.1) is 0 Å². The number of hydrogen-bond acceptors (Lipinski definition) is 4. The van der Waals surface area contributed by atoms with Crippen LogP contribution in [-0.4, -0.2) is 41.2 Å². The summed E-state index contributed by atoms with van der Waals surface area (Å²) in [5.74, 6) is -3.43. The first-order valence-corrected chi connectivity index (χ1v) is 5.78. The number of carboxylic acid groups (broad SMARTS) is 2. The van der Waals surface area contributed by atoms with Crippen molar-refractivity contribution in [2.24, 2.45) is 0 Å². The van der Waals surface area contributed by atoms with Gasteiger partial charge in [-0.15, -0.1) is 0 Å². The Morgan fingerprint density at radius 1 is 1.20 bits per heavy atom. The summed E-state index contributed by atoms with van der Waals surface area (Å²) < 4.78 is 5.03. The largest absolute Gasteiger partial charge is 0.481 e. The minimum atomic E-state index is -1.50. The quantitative estimate of drug-likeness (QED) is 0.667. The molecule has 0 aliphatic carbocycles. The fourth-order valence-electron chi connectivity index (χ4n) is 1.64. The summed E-state index contributed by atoms with van der Waals surface area (Å²) in [6, 6.07) is 6.99. The Labute approximate surface area is 115 Å². The van der Waals surface area contributed by atoms with E-state index in [1.54, 1.807) is 30.3 Å². The van der Waals surface area contributed by atoms with E-state index in [2.05, 4.69) is 5.32 Å². The number of nitrogens with one attached hydrogen (secondary N) is 1. The highest BCUT2D eigenvalue weighted by molar-refractivity contribution is 5.89. The fourth-order valence-corrected chi connectivity index (χ4v) is 1.64. The summed E-state index contributed by atoms with van der Waals surface area (Å²) in [6.45, 7) is 0. The molecular weight excluding hydrogens is 266 g/mol. The summed E-state index contributed by atoms with van der Waals surface area (Å²) >= 11 is 0. The number of rotatable bonds is 7. The monoisotopic (exact) mass is 281 g/mol. The van der Waals surface area contributed by atoms with Gasteiger partial charge in [0.2, 0.25) is 0 Å². The summed E-state index contributed by atoms with van der Waals surface area (Å²) in [6.07, 6.45) is -1.70. The van der Waals surface area contributed by atoms with Crippen LogP contribution in [0.4, 0.5) is 0 Å². The molecule has 1 rings (SSSR count). The summed E-state index contributed by atoms with van der Waals surface area (Å²) in [7, 11) is 1.31. The van der Waals surface area contributed by atoms with Crippen molar-refractivity contribution in [3.63, 3.8) is 0 Å². The van der Waals surface area contributed by atoms with Gasteiger partial charge in [0, 0.05) is 7.11 Å². The third-order valence-corrected chi connectivity index (χ3v) is 2.57. The van der Waals surface area contributed by atoms with Crippen molar-refractivity contribution in [1.82, 2.24) is 5.32 Å². The second-order valence-corrected chi connectivity index (χ2v) is 4.02. The minimum Gasteiger partial charge on any atom is -0.481 e. The lowest BCUT2D eigenvalue weighted by Gasteiger charge is -2.18. The Hall–Kier alpha value is -2.41. The molecule has 1 amide bonds. The first-order chi connectivity index (χ1) is 9.45. The maximum atomic E-state index is 12.0. The van der Waals surface area contributed by atoms with E-state index in [1.165, 1.54) is 7.11 Å². The predicted molar refractivity (Wildman–Crippen MR) is 68.0 cm³/mol. The van der Waals surface area contributed by atoms with Gasteiger partial charge in [-0.1, -0.05) is 30.3 Å². The van der Waals surface area contributed by atoms with Crippen LogP contribution < -0.4 is 5.32 Å². The Balaban J connectivity index is 2.81. The van der Waals surface area contributed by atoms with Crippen molar-refractivity contribution in [3.05, 3.63) is 35.9 Å². The molecule has 1 aromatic rings. The third-order valence-electron chi connectivity index (χ3n) is 2.57. The van der Waals surface area contributed by atoms with Crippen molar-refractivity contribution in [2.75, 3.05) is 7.11 Å². The molecule has 0 spiro atoms. The molecule has 0 heterocycles. The van der Waals surface area contributed by atoms with Gasteiger partial charge in [0.1, 0.15) is 6.04 Å². The van der Waals surface area contributed by atoms with Crippen LogP contribution in [0.25, 0.3) is 0 Å². The van der Waals surface area contributed by atoms with Crippen LogP contribution in [0.15, 0.2) is 30.3 Å². The maximum Gasteiger partial charge on any atom is 0.326 e. The van der Waals surface area contributed by atoms with E-state index in [1.807, 2.05) is 0 Å². The molecule has 0 saturated carbocycles. The molecule has 2 atom stereocenters. The van der Waals surface area contributed by atoms with E-state index >= 15 is 0 Å². The van der Waals surface area contributed by atoms with Gasteiger partial charge in [-0.05, 0) is 5.56 Å². The van der Waals surface area contributed by atoms with Crippen molar-refractivity contribution in [3.8, 4) is 0 Å². The zero-order valence-corrected chi connectivity index (χ0v) is 10.8. The van der Waals surface area contributed by atoms with Crippen LogP contribution >= 0.6 is 0 Å². The van der Waals surface area contributed by atoms with Crippen molar-refractivity contribution < 1.29 is 29.3 Å². The van der Waals surface area contributed by atoms with Crippen molar-refractivity contribution in [2.45, 2.75) is 18.6 Å². The zero-order chi connectivity index (χ0) is 15.1. The van der Waals surface area contributed by atoms with Gasteiger partial charge in [-0.3, -0.25) is 9.59 Å². The molecule has 0 aromatic heterocycles. The average Bonchev–Trinajstić information content (AvgIpc) is 2.39. The molecular formula is C13H15NO6. The lowest BCUT2D eigenvalue weighted by atomic mass is 10.1. The van der Waals surface area contributed by atoms with E-state index in [9.17, 15) is 14.4 Å². The Kier molecular flexibility index (Phi) is 5.67. The lowest BCUT2D eigenvalue weighted by molar-refractivity contribution is -0.148. The topological polar surface area (TPSA) is 113 Å². The van der Waals surface area contributed by atoms with Crippen molar-refractivity contribution >= 4 is 17.8 Å². The van der Waals surface area contributed by atoms with E-state index in [4.69, 9.17) is 14.9 Å². The highest BCUT2D eigenvalue weighted by Crippen LogP contribution is 2.16. The number of hydrogen-bond donors (Lipinski definition) is 3.